The largest absolute Gasteiger partial charge is 0.303 e. The first-order chi connectivity index (χ1) is 8.22. The van der Waals surface area contributed by atoms with Crippen molar-refractivity contribution in [3.8, 4) is 6.07 Å². The number of nitrogens with zero attached hydrogens (tertiary/aromatic N) is 3. The van der Waals surface area contributed by atoms with Crippen LogP contribution in [-0.4, -0.2) is 49.1 Å². The van der Waals surface area contributed by atoms with E-state index in [2.05, 4.69) is 22.8 Å². The second kappa shape index (κ2) is 5.84. The minimum atomic E-state index is -0.0501. The van der Waals surface area contributed by atoms with E-state index >= 15 is 0 Å². The van der Waals surface area contributed by atoms with Crippen molar-refractivity contribution in [1.29, 1.82) is 5.26 Å². The molecule has 2 heterocycles. The molecule has 0 aromatic heterocycles. The van der Waals surface area contributed by atoms with Gasteiger partial charge in [-0.25, -0.2) is 0 Å². The van der Waals surface area contributed by atoms with Crippen LogP contribution in [0.25, 0.3) is 0 Å². The van der Waals surface area contributed by atoms with E-state index < -0.39 is 0 Å². The Morgan fingerprint density at radius 3 is 2.06 bits per heavy atom. The highest BCUT2D eigenvalue weighted by Crippen LogP contribution is 2.29. The first-order valence-corrected chi connectivity index (χ1v) is 7.08. The lowest BCUT2D eigenvalue weighted by molar-refractivity contribution is 0.150. The normalized spacial score (nSPS) is 25.9. The molecular weight excluding hydrogens is 210 g/mol. The Balaban J connectivity index is 1.60. The van der Waals surface area contributed by atoms with Gasteiger partial charge in [0.1, 0.15) is 0 Å². The van der Waals surface area contributed by atoms with E-state index in [1.54, 1.807) is 0 Å². The van der Waals surface area contributed by atoms with Gasteiger partial charge in [0, 0.05) is 0 Å². The molecule has 0 saturated carbocycles. The van der Waals surface area contributed by atoms with Gasteiger partial charge < -0.3 is 9.80 Å². The molecule has 17 heavy (non-hydrogen) atoms. The summed E-state index contributed by atoms with van der Waals surface area (Å²) in [4.78, 5) is 5.12. The second-order valence-electron chi connectivity index (χ2n) is 5.92. The molecule has 0 amide bonds. The van der Waals surface area contributed by atoms with Crippen molar-refractivity contribution in [2.24, 2.45) is 5.41 Å². The molecule has 2 rings (SSSR count). The number of hydrogen-bond acceptors (Lipinski definition) is 3. The monoisotopic (exact) mass is 235 g/mol. The Hall–Kier alpha value is -0.590. The van der Waals surface area contributed by atoms with E-state index in [4.69, 9.17) is 5.26 Å². The number of hydrogen-bond donors (Lipinski definition) is 0. The van der Waals surface area contributed by atoms with Crippen LogP contribution in [0, 0.1) is 16.7 Å². The van der Waals surface area contributed by atoms with Crippen molar-refractivity contribution in [3.63, 3.8) is 0 Å². The van der Waals surface area contributed by atoms with Gasteiger partial charge in [-0.2, -0.15) is 5.26 Å². The maximum Gasteiger partial charge on any atom is 0.0687 e. The lowest BCUT2D eigenvalue weighted by Gasteiger charge is -2.35. The third-order valence-corrected chi connectivity index (χ3v) is 4.38. The zero-order valence-corrected chi connectivity index (χ0v) is 11.1. The molecule has 0 N–H and O–H groups in total. The van der Waals surface area contributed by atoms with Gasteiger partial charge in [-0.3, -0.25) is 0 Å². The fourth-order valence-corrected chi connectivity index (χ4v) is 2.91. The van der Waals surface area contributed by atoms with Crippen LogP contribution in [-0.2, 0) is 0 Å². The van der Waals surface area contributed by atoms with Crippen LogP contribution in [0.4, 0.5) is 0 Å². The molecule has 2 aliphatic heterocycles. The Bertz CT molecular complexity index is 268. The average Bonchev–Trinajstić information content (AvgIpc) is 2.85. The summed E-state index contributed by atoms with van der Waals surface area (Å²) in [5.41, 5.74) is -0.0501. The van der Waals surface area contributed by atoms with E-state index in [1.165, 1.54) is 45.4 Å². The highest BCUT2D eigenvalue weighted by atomic mass is 15.2. The summed E-state index contributed by atoms with van der Waals surface area (Å²) in [6.07, 6.45) is 6.18. The van der Waals surface area contributed by atoms with Gasteiger partial charge >= 0.3 is 0 Å². The number of likely N-dealkylation sites (tertiary alicyclic amines) is 2. The molecule has 0 aromatic rings. The maximum atomic E-state index is 9.08. The van der Waals surface area contributed by atoms with Crippen molar-refractivity contribution in [1.82, 2.24) is 9.80 Å². The summed E-state index contributed by atoms with van der Waals surface area (Å²) >= 11 is 0. The molecule has 2 fully saturated rings. The molecular formula is C14H25N3. The van der Waals surface area contributed by atoms with Crippen molar-refractivity contribution < 1.29 is 0 Å². The summed E-state index contributed by atoms with van der Waals surface area (Å²) in [6.45, 7) is 9.45. The molecule has 0 bridgehead atoms. The molecule has 0 aliphatic carbocycles. The Morgan fingerprint density at radius 1 is 1.00 bits per heavy atom. The van der Waals surface area contributed by atoms with Gasteiger partial charge in [0.05, 0.1) is 11.5 Å². The maximum absolute atomic E-state index is 9.08. The van der Waals surface area contributed by atoms with Crippen molar-refractivity contribution in [2.45, 2.75) is 39.0 Å². The average molecular weight is 235 g/mol. The predicted octanol–water partition coefficient (Wildman–Crippen LogP) is 2.10. The molecule has 3 nitrogen and oxygen atoms in total. The number of rotatable bonds is 4. The first-order valence-electron chi connectivity index (χ1n) is 7.08. The van der Waals surface area contributed by atoms with Gasteiger partial charge in [0.2, 0.25) is 0 Å². The van der Waals surface area contributed by atoms with Crippen LogP contribution in [0.1, 0.15) is 39.0 Å². The Kier molecular flexibility index (Phi) is 4.42. The molecule has 3 heteroatoms. The van der Waals surface area contributed by atoms with E-state index in [9.17, 15) is 0 Å². The molecule has 96 valence electrons. The van der Waals surface area contributed by atoms with E-state index in [0.29, 0.717) is 0 Å². The van der Waals surface area contributed by atoms with Crippen LogP contribution in [0.2, 0.25) is 0 Å². The Labute approximate surface area is 105 Å². The van der Waals surface area contributed by atoms with Gasteiger partial charge in [-0.15, -0.1) is 0 Å². The van der Waals surface area contributed by atoms with Gasteiger partial charge in [-0.1, -0.05) is 0 Å². The number of nitriles is 1. The molecule has 0 atom stereocenters. The summed E-state index contributed by atoms with van der Waals surface area (Å²) in [5.74, 6) is 0. The first kappa shape index (κ1) is 12.9. The van der Waals surface area contributed by atoms with Gasteiger partial charge in [0.15, 0.2) is 0 Å². The summed E-state index contributed by atoms with van der Waals surface area (Å²) in [7, 11) is 0. The number of piperidine rings is 1. The zero-order chi connectivity index (χ0) is 12.1. The highest BCUT2D eigenvalue weighted by Gasteiger charge is 2.29. The van der Waals surface area contributed by atoms with Gasteiger partial charge in [-0.05, 0) is 78.3 Å². The minimum absolute atomic E-state index is 0.0501. The summed E-state index contributed by atoms with van der Waals surface area (Å²) in [5, 5.41) is 9.08. The van der Waals surface area contributed by atoms with Crippen molar-refractivity contribution in [2.75, 3.05) is 39.3 Å². The van der Waals surface area contributed by atoms with Crippen LogP contribution >= 0.6 is 0 Å². The standard InChI is InChI=1S/C14H25N3/c1-14(13-15)5-11-17(12-6-14)10-4-9-16-7-2-3-8-16/h2-12H2,1H3. The topological polar surface area (TPSA) is 30.3 Å². The second-order valence-corrected chi connectivity index (χ2v) is 5.92. The van der Waals surface area contributed by atoms with E-state index in [-0.39, 0.29) is 5.41 Å². The molecule has 0 aromatic carbocycles. The van der Waals surface area contributed by atoms with E-state index in [0.717, 1.165) is 25.9 Å². The molecule has 2 saturated heterocycles. The van der Waals surface area contributed by atoms with Crippen LogP contribution < -0.4 is 0 Å². The Morgan fingerprint density at radius 2 is 1.53 bits per heavy atom. The fraction of sp³-hybridized carbons (Fsp3) is 0.929. The molecule has 0 radical (unpaired) electrons. The third-order valence-electron chi connectivity index (χ3n) is 4.38. The van der Waals surface area contributed by atoms with Crippen LogP contribution in [0.15, 0.2) is 0 Å². The molecule has 0 unspecified atom stereocenters. The van der Waals surface area contributed by atoms with Gasteiger partial charge in [0.25, 0.3) is 0 Å². The minimum Gasteiger partial charge on any atom is -0.303 e. The van der Waals surface area contributed by atoms with E-state index in [1.807, 2.05) is 0 Å². The molecule has 0 spiro atoms. The zero-order valence-electron chi connectivity index (χ0n) is 11.1. The lowest BCUT2D eigenvalue weighted by Crippen LogP contribution is -2.39. The fourth-order valence-electron chi connectivity index (χ4n) is 2.91. The quantitative estimate of drug-likeness (QED) is 0.747. The summed E-state index contributed by atoms with van der Waals surface area (Å²) < 4.78 is 0. The highest BCUT2D eigenvalue weighted by molar-refractivity contribution is 4.98. The molecule has 2 aliphatic rings. The van der Waals surface area contributed by atoms with Crippen LogP contribution in [0.3, 0.4) is 0 Å². The SMILES string of the molecule is CC1(C#N)CCN(CCCN2CCCC2)CC1. The van der Waals surface area contributed by atoms with Crippen LogP contribution in [0.5, 0.6) is 0 Å². The predicted molar refractivity (Wildman–Crippen MR) is 69.7 cm³/mol. The lowest BCUT2D eigenvalue weighted by atomic mass is 9.82. The van der Waals surface area contributed by atoms with Crippen molar-refractivity contribution in [3.05, 3.63) is 0 Å². The third kappa shape index (κ3) is 3.69. The smallest absolute Gasteiger partial charge is 0.0687 e. The summed E-state index contributed by atoms with van der Waals surface area (Å²) in [6, 6.07) is 2.47. The van der Waals surface area contributed by atoms with Crippen molar-refractivity contribution >= 4 is 0 Å².